The number of halogens is 2. The maximum absolute atomic E-state index is 6.06. The Morgan fingerprint density at radius 1 is 0.787 bits per heavy atom. The first-order chi connectivity index (χ1) is 23.0. The molecule has 2 fully saturated rings. The van der Waals surface area contributed by atoms with Crippen molar-refractivity contribution in [3.63, 3.8) is 0 Å². The lowest BCUT2D eigenvalue weighted by Crippen LogP contribution is -2.43. The van der Waals surface area contributed by atoms with Crippen LogP contribution in [0.1, 0.15) is 68.0 Å². The second-order valence-corrected chi connectivity index (χ2v) is 12.7. The summed E-state index contributed by atoms with van der Waals surface area (Å²) in [6.07, 6.45) is 8.47. The Hall–Kier alpha value is -4.04. The fraction of sp³-hybridized carbons (Fsp3) is 0.375. The molecule has 2 aromatic carbocycles. The Bertz CT molecular complexity index is 1760. The van der Waals surface area contributed by atoms with Crippen LogP contribution in [0, 0.1) is 0 Å². The fourth-order valence-electron chi connectivity index (χ4n) is 5.90. The lowest BCUT2D eigenvalue weighted by atomic mass is 10.0. The normalized spacial score (nSPS) is 18.3. The molecule has 0 saturated carbocycles. The molecule has 3 aromatic heterocycles. The van der Waals surface area contributed by atoms with Crippen LogP contribution in [0.3, 0.4) is 0 Å². The van der Waals surface area contributed by atoms with Gasteiger partial charge in [0.15, 0.2) is 16.8 Å². The summed E-state index contributed by atoms with van der Waals surface area (Å²) in [4.78, 5) is 12.0. The second kappa shape index (κ2) is 15.7. The summed E-state index contributed by atoms with van der Waals surface area (Å²) < 4.78 is 0. The van der Waals surface area contributed by atoms with Crippen molar-refractivity contribution in [1.29, 1.82) is 0 Å². The number of piperidine rings is 2. The highest BCUT2D eigenvalue weighted by molar-refractivity contribution is 7.80. The maximum Gasteiger partial charge on any atom is 0.197 e. The molecule has 5 aromatic rings. The molecule has 2 unspecified atom stereocenters. The van der Waals surface area contributed by atoms with Gasteiger partial charge in [-0.1, -0.05) is 47.8 Å². The Labute approximate surface area is 289 Å². The topological polar surface area (TPSA) is 119 Å². The van der Waals surface area contributed by atoms with Crippen LogP contribution in [-0.4, -0.2) is 80.4 Å². The van der Waals surface area contributed by atoms with Gasteiger partial charge >= 0.3 is 0 Å². The Morgan fingerprint density at radius 2 is 1.40 bits per heavy atom. The fourth-order valence-corrected chi connectivity index (χ4v) is 6.48. The molecule has 0 spiro atoms. The van der Waals surface area contributed by atoms with Crippen molar-refractivity contribution in [3.05, 3.63) is 100 Å². The van der Waals surface area contributed by atoms with Crippen molar-refractivity contribution in [2.24, 2.45) is 0 Å². The average molecular weight is 692 g/mol. The van der Waals surface area contributed by atoms with Crippen molar-refractivity contribution in [3.8, 4) is 11.4 Å². The van der Waals surface area contributed by atoms with Gasteiger partial charge in [-0.25, -0.2) is 0 Å². The molecule has 47 heavy (non-hydrogen) atoms. The number of rotatable bonds is 6. The van der Waals surface area contributed by atoms with E-state index in [1.165, 1.54) is 17.6 Å². The van der Waals surface area contributed by atoms with Crippen LogP contribution < -0.4 is 5.32 Å². The van der Waals surface area contributed by atoms with E-state index < -0.39 is 0 Å². The molecule has 0 radical (unpaired) electrons. The minimum Gasteiger partial charge on any atom is -0.366 e. The number of tetrazole rings is 2. The molecule has 1 N–H and O–H groups in total. The highest BCUT2D eigenvalue weighted by Gasteiger charge is 2.30. The third-order valence-electron chi connectivity index (χ3n) is 8.21. The van der Waals surface area contributed by atoms with Crippen LogP contribution in [0.5, 0.6) is 0 Å². The minimum atomic E-state index is 0.0710. The number of thiocarbonyl (C=S) groups is 1. The summed E-state index contributed by atoms with van der Waals surface area (Å²) >= 11 is 17.5. The molecular formula is C32H36Cl2N12S. The minimum absolute atomic E-state index is 0.0710. The van der Waals surface area contributed by atoms with Crippen molar-refractivity contribution in [2.45, 2.75) is 57.2 Å². The monoisotopic (exact) mass is 690 g/mol. The first-order valence-electron chi connectivity index (χ1n) is 15.7. The first-order valence-corrected chi connectivity index (χ1v) is 16.9. The highest BCUT2D eigenvalue weighted by atomic mass is 35.5. The van der Waals surface area contributed by atoms with Crippen LogP contribution in [0.4, 0.5) is 0 Å². The zero-order chi connectivity index (χ0) is 32.6. The molecule has 15 heteroatoms. The van der Waals surface area contributed by atoms with Gasteiger partial charge in [-0.05, 0) is 110 Å². The molecule has 7 rings (SSSR count). The summed E-state index contributed by atoms with van der Waals surface area (Å²) in [5.74, 6) is 1.45. The lowest BCUT2D eigenvalue weighted by Gasteiger charge is -2.35. The quantitative estimate of drug-likeness (QED) is 0.218. The van der Waals surface area contributed by atoms with E-state index in [0.717, 1.165) is 73.3 Å². The second-order valence-electron chi connectivity index (χ2n) is 11.4. The standard InChI is InChI=1S/C18H19ClN6.C14H17ClN6S/c19-14-6-5-8-16(12-14)25-22-18(21-23-25)17-9-2-4-11-24(17)13-15-7-1-3-10-20-15;1-16-14(22)20-8-3-2-7-12(20)13-17-19-21(18-13)11-6-4-5-10(15)9-11/h1,3,5-8,10,12,17H,2,4,9,11,13H2;4-6,9,12H,2-3,7-8H2,1H3,(H,16,22). The molecule has 0 amide bonds. The molecule has 2 atom stereocenters. The van der Waals surface area contributed by atoms with E-state index in [4.69, 9.17) is 35.4 Å². The molecule has 2 saturated heterocycles. The van der Waals surface area contributed by atoms with E-state index in [-0.39, 0.29) is 12.1 Å². The zero-order valence-electron chi connectivity index (χ0n) is 26.0. The summed E-state index contributed by atoms with van der Waals surface area (Å²) in [5.41, 5.74) is 2.68. The highest BCUT2D eigenvalue weighted by Crippen LogP contribution is 2.30. The van der Waals surface area contributed by atoms with Gasteiger partial charge in [0.2, 0.25) is 0 Å². The summed E-state index contributed by atoms with van der Waals surface area (Å²) in [6, 6.07) is 21.1. The predicted molar refractivity (Wildman–Crippen MR) is 185 cm³/mol. The summed E-state index contributed by atoms with van der Waals surface area (Å²) in [6.45, 7) is 2.74. The Balaban J connectivity index is 0.000000166. The number of aromatic nitrogens is 9. The van der Waals surface area contributed by atoms with E-state index in [2.05, 4.69) is 57.0 Å². The number of nitrogens with one attached hydrogen (secondary N) is 1. The van der Waals surface area contributed by atoms with Gasteiger partial charge in [-0.15, -0.1) is 30.0 Å². The van der Waals surface area contributed by atoms with E-state index >= 15 is 0 Å². The van der Waals surface area contributed by atoms with Gasteiger partial charge in [-0.3, -0.25) is 9.88 Å². The van der Waals surface area contributed by atoms with Gasteiger partial charge < -0.3 is 10.2 Å². The van der Waals surface area contributed by atoms with Crippen LogP contribution in [0.15, 0.2) is 72.9 Å². The molecule has 0 aliphatic carbocycles. The van der Waals surface area contributed by atoms with Crippen LogP contribution >= 0.6 is 35.4 Å². The van der Waals surface area contributed by atoms with Crippen LogP contribution in [-0.2, 0) is 6.54 Å². The third kappa shape index (κ3) is 8.28. The molecule has 2 aliphatic rings. The Morgan fingerprint density at radius 3 is 2.00 bits per heavy atom. The number of nitrogens with zero attached hydrogens (tertiary/aromatic N) is 11. The Kier molecular flexibility index (Phi) is 11.0. The molecule has 244 valence electrons. The van der Waals surface area contributed by atoms with Gasteiger partial charge in [-0.2, -0.15) is 0 Å². The predicted octanol–water partition coefficient (Wildman–Crippen LogP) is 5.78. The molecule has 5 heterocycles. The third-order valence-corrected chi connectivity index (χ3v) is 9.12. The number of pyridine rings is 1. The maximum atomic E-state index is 6.06. The van der Waals surface area contributed by atoms with Crippen molar-refractivity contribution < 1.29 is 0 Å². The number of hydrogen-bond acceptors (Lipinski definition) is 9. The van der Waals surface area contributed by atoms with Crippen molar-refractivity contribution in [1.82, 2.24) is 60.5 Å². The van der Waals surface area contributed by atoms with E-state index in [9.17, 15) is 0 Å². The molecular weight excluding hydrogens is 655 g/mol. The average Bonchev–Trinajstić information content (AvgIpc) is 3.80. The number of likely N-dealkylation sites (tertiary alicyclic amines) is 2. The van der Waals surface area contributed by atoms with E-state index in [0.29, 0.717) is 15.9 Å². The van der Waals surface area contributed by atoms with Crippen molar-refractivity contribution >= 4 is 40.5 Å². The largest absolute Gasteiger partial charge is 0.366 e. The molecule has 0 bridgehead atoms. The summed E-state index contributed by atoms with van der Waals surface area (Å²) in [7, 11) is 1.84. The van der Waals surface area contributed by atoms with Crippen molar-refractivity contribution in [2.75, 3.05) is 20.1 Å². The van der Waals surface area contributed by atoms with E-state index in [1.807, 2.05) is 73.9 Å². The van der Waals surface area contributed by atoms with Gasteiger partial charge in [0, 0.05) is 36.4 Å². The van der Waals surface area contributed by atoms with E-state index in [1.54, 1.807) is 4.80 Å². The SMILES string of the molecule is CNC(=S)N1CCCCC1c1nnn(-c2cccc(Cl)c2)n1.Clc1cccc(-n2nnc(C3CCCCN3Cc3ccccn3)n2)c1. The summed E-state index contributed by atoms with van der Waals surface area (Å²) in [5, 5.41) is 31.1. The molecule has 2 aliphatic heterocycles. The van der Waals surface area contributed by atoms with Gasteiger partial charge in [0.05, 0.1) is 29.2 Å². The lowest BCUT2D eigenvalue weighted by molar-refractivity contribution is 0.132. The molecule has 12 nitrogen and oxygen atoms in total. The van der Waals surface area contributed by atoms with Crippen LogP contribution in [0.25, 0.3) is 11.4 Å². The van der Waals surface area contributed by atoms with Crippen LogP contribution in [0.2, 0.25) is 10.0 Å². The van der Waals surface area contributed by atoms with Gasteiger partial charge in [0.1, 0.15) is 0 Å². The number of hydrogen-bond donors (Lipinski definition) is 1. The zero-order valence-corrected chi connectivity index (χ0v) is 28.4. The first kappa shape index (κ1) is 32.9. The number of benzene rings is 2. The smallest absolute Gasteiger partial charge is 0.197 e. The van der Waals surface area contributed by atoms with Gasteiger partial charge in [0.25, 0.3) is 0 Å².